The zero-order valence-electron chi connectivity index (χ0n) is 18.0. The van der Waals surface area contributed by atoms with Crippen LogP contribution in [0.25, 0.3) is 11.0 Å². The number of pyridine rings is 2. The number of carbonyl (C=O) groups is 1. The van der Waals surface area contributed by atoms with Crippen molar-refractivity contribution in [3.8, 4) is 0 Å². The molecule has 0 atom stereocenters. The monoisotopic (exact) mass is 414 g/mol. The standard InChI is InChI=1S/C21H27ClN6O/c1-12(2)17-9-15(24-20-19(17)14(4)25-28(20)7)11-26(5)21(29)27(6)16-8-13(3)23-18(22)10-16/h8-10,12H,11H2,1-7H3. The molecule has 0 saturated heterocycles. The number of aryl methyl sites for hydroxylation is 3. The van der Waals surface area contributed by atoms with Crippen LogP contribution in [0.3, 0.4) is 0 Å². The molecule has 29 heavy (non-hydrogen) atoms. The Hall–Kier alpha value is -2.67. The maximum absolute atomic E-state index is 13.0. The first-order valence-corrected chi connectivity index (χ1v) is 9.92. The molecule has 3 heterocycles. The van der Waals surface area contributed by atoms with E-state index in [1.807, 2.05) is 27.0 Å². The summed E-state index contributed by atoms with van der Waals surface area (Å²) in [5, 5.41) is 5.98. The molecule has 0 aromatic carbocycles. The zero-order valence-corrected chi connectivity index (χ0v) is 18.7. The number of hydrogen-bond acceptors (Lipinski definition) is 4. The lowest BCUT2D eigenvalue weighted by Gasteiger charge is -2.25. The second kappa shape index (κ2) is 7.99. The van der Waals surface area contributed by atoms with Crippen molar-refractivity contribution in [1.82, 2.24) is 24.6 Å². The van der Waals surface area contributed by atoms with Gasteiger partial charge in [-0.2, -0.15) is 5.10 Å². The zero-order chi connectivity index (χ0) is 21.5. The highest BCUT2D eigenvalue weighted by Gasteiger charge is 2.20. The lowest BCUT2D eigenvalue weighted by Crippen LogP contribution is -2.38. The van der Waals surface area contributed by atoms with Gasteiger partial charge in [-0.1, -0.05) is 25.4 Å². The number of urea groups is 1. The number of halogens is 1. The summed E-state index contributed by atoms with van der Waals surface area (Å²) in [6.45, 7) is 8.55. The predicted octanol–water partition coefficient (Wildman–Crippen LogP) is 4.45. The number of hydrogen-bond donors (Lipinski definition) is 0. The van der Waals surface area contributed by atoms with Crippen LogP contribution in [0.5, 0.6) is 0 Å². The number of nitrogens with zero attached hydrogens (tertiary/aromatic N) is 6. The highest BCUT2D eigenvalue weighted by atomic mass is 35.5. The topological polar surface area (TPSA) is 67.2 Å². The summed E-state index contributed by atoms with van der Waals surface area (Å²) < 4.78 is 1.80. The number of amides is 2. The largest absolute Gasteiger partial charge is 0.324 e. The molecule has 0 fully saturated rings. The van der Waals surface area contributed by atoms with E-state index in [2.05, 4.69) is 30.0 Å². The second-order valence-electron chi connectivity index (χ2n) is 7.75. The fraction of sp³-hybridized carbons (Fsp3) is 0.429. The third-order valence-electron chi connectivity index (χ3n) is 4.98. The van der Waals surface area contributed by atoms with Crippen molar-refractivity contribution >= 4 is 34.4 Å². The molecule has 154 valence electrons. The SMILES string of the molecule is Cc1cc(N(C)C(=O)N(C)Cc2cc(C(C)C)c3c(C)nn(C)c3n2)cc(Cl)n1. The Morgan fingerprint density at radius 2 is 1.86 bits per heavy atom. The first-order chi connectivity index (χ1) is 13.6. The van der Waals surface area contributed by atoms with Crippen molar-refractivity contribution in [3.05, 3.63) is 46.0 Å². The number of rotatable bonds is 4. The van der Waals surface area contributed by atoms with Crippen LogP contribution >= 0.6 is 11.6 Å². The number of aromatic nitrogens is 4. The van der Waals surface area contributed by atoms with Gasteiger partial charge >= 0.3 is 6.03 Å². The highest BCUT2D eigenvalue weighted by Crippen LogP contribution is 2.28. The van der Waals surface area contributed by atoms with Crippen LogP contribution in [0.1, 0.15) is 42.4 Å². The van der Waals surface area contributed by atoms with Gasteiger partial charge < -0.3 is 4.90 Å². The fourth-order valence-electron chi connectivity index (χ4n) is 3.55. The Morgan fingerprint density at radius 1 is 1.17 bits per heavy atom. The van der Waals surface area contributed by atoms with Crippen LogP contribution in [0.2, 0.25) is 5.15 Å². The number of carbonyl (C=O) groups excluding carboxylic acids is 1. The van der Waals surface area contributed by atoms with Gasteiger partial charge in [0.05, 0.1) is 17.9 Å². The van der Waals surface area contributed by atoms with Crippen molar-refractivity contribution in [2.75, 3.05) is 19.0 Å². The molecule has 7 nitrogen and oxygen atoms in total. The van der Waals surface area contributed by atoms with Crippen LogP contribution in [0.4, 0.5) is 10.5 Å². The fourth-order valence-corrected chi connectivity index (χ4v) is 3.80. The van der Waals surface area contributed by atoms with Gasteiger partial charge in [0.15, 0.2) is 5.65 Å². The van der Waals surface area contributed by atoms with E-state index in [-0.39, 0.29) is 6.03 Å². The molecule has 3 aromatic heterocycles. The maximum Gasteiger partial charge on any atom is 0.324 e. The van der Waals surface area contributed by atoms with Crippen LogP contribution in [0, 0.1) is 13.8 Å². The van der Waals surface area contributed by atoms with E-state index in [1.165, 1.54) is 5.56 Å². The summed E-state index contributed by atoms with van der Waals surface area (Å²) in [5.41, 5.74) is 5.30. The Balaban J connectivity index is 1.89. The summed E-state index contributed by atoms with van der Waals surface area (Å²) in [6, 6.07) is 5.44. The molecule has 0 saturated carbocycles. The Labute approximate surface area is 176 Å². The molecular weight excluding hydrogens is 388 g/mol. The molecule has 0 N–H and O–H groups in total. The second-order valence-corrected chi connectivity index (χ2v) is 8.14. The number of anilines is 1. The lowest BCUT2D eigenvalue weighted by atomic mass is 9.99. The molecule has 0 bridgehead atoms. The molecule has 0 aliphatic rings. The molecule has 3 rings (SSSR count). The Kier molecular flexibility index (Phi) is 5.80. The first kappa shape index (κ1) is 21.0. The molecule has 0 aliphatic carbocycles. The summed E-state index contributed by atoms with van der Waals surface area (Å²) in [5.74, 6) is 0.327. The summed E-state index contributed by atoms with van der Waals surface area (Å²) in [7, 11) is 5.39. The minimum absolute atomic E-state index is 0.152. The van der Waals surface area contributed by atoms with Crippen LogP contribution in [-0.2, 0) is 13.6 Å². The van der Waals surface area contributed by atoms with E-state index in [0.29, 0.717) is 23.3 Å². The van der Waals surface area contributed by atoms with Gasteiger partial charge in [0.25, 0.3) is 0 Å². The van der Waals surface area contributed by atoms with Crippen molar-refractivity contribution < 1.29 is 4.79 Å². The van der Waals surface area contributed by atoms with Gasteiger partial charge in [-0.15, -0.1) is 0 Å². The molecule has 0 spiro atoms. The molecule has 3 aromatic rings. The quantitative estimate of drug-likeness (QED) is 0.591. The van der Waals surface area contributed by atoms with Gasteiger partial charge in [-0.3, -0.25) is 9.58 Å². The van der Waals surface area contributed by atoms with Gasteiger partial charge in [0, 0.05) is 37.9 Å². The molecule has 8 heteroatoms. The van der Waals surface area contributed by atoms with Crippen LogP contribution in [0.15, 0.2) is 18.2 Å². The van der Waals surface area contributed by atoms with Crippen molar-refractivity contribution in [2.24, 2.45) is 7.05 Å². The number of fused-ring (bicyclic) bond motifs is 1. The van der Waals surface area contributed by atoms with Gasteiger partial charge in [-0.05, 0) is 43.5 Å². The lowest BCUT2D eigenvalue weighted by molar-refractivity contribution is 0.214. The third kappa shape index (κ3) is 4.19. The van der Waals surface area contributed by atoms with E-state index in [9.17, 15) is 4.79 Å². The summed E-state index contributed by atoms with van der Waals surface area (Å²) >= 11 is 6.05. The average Bonchev–Trinajstić information content (AvgIpc) is 2.92. The minimum atomic E-state index is -0.152. The molecule has 0 unspecified atom stereocenters. The van der Waals surface area contributed by atoms with Crippen LogP contribution < -0.4 is 4.90 Å². The first-order valence-electron chi connectivity index (χ1n) is 9.54. The van der Waals surface area contributed by atoms with E-state index in [0.717, 1.165) is 28.1 Å². The predicted molar refractivity (Wildman–Crippen MR) is 117 cm³/mol. The molecule has 0 aliphatic heterocycles. The molecular formula is C21H27ClN6O. The smallest absolute Gasteiger partial charge is 0.322 e. The van der Waals surface area contributed by atoms with Gasteiger partial charge in [-0.25, -0.2) is 14.8 Å². The molecule has 0 radical (unpaired) electrons. The van der Waals surface area contributed by atoms with Gasteiger partial charge in [0.1, 0.15) is 5.15 Å². The summed E-state index contributed by atoms with van der Waals surface area (Å²) in [6.07, 6.45) is 0. The van der Waals surface area contributed by atoms with Gasteiger partial charge in [0.2, 0.25) is 0 Å². The average molecular weight is 415 g/mol. The summed E-state index contributed by atoms with van der Waals surface area (Å²) in [4.78, 5) is 25.1. The normalized spacial score (nSPS) is 11.3. The highest BCUT2D eigenvalue weighted by molar-refractivity contribution is 6.29. The molecule has 2 amide bonds. The van der Waals surface area contributed by atoms with E-state index < -0.39 is 0 Å². The van der Waals surface area contributed by atoms with Crippen molar-refractivity contribution in [3.63, 3.8) is 0 Å². The minimum Gasteiger partial charge on any atom is -0.322 e. The van der Waals surface area contributed by atoms with E-state index >= 15 is 0 Å². The van der Waals surface area contributed by atoms with E-state index in [1.54, 1.807) is 34.6 Å². The van der Waals surface area contributed by atoms with E-state index in [4.69, 9.17) is 16.6 Å². The maximum atomic E-state index is 13.0. The third-order valence-corrected chi connectivity index (χ3v) is 5.17. The van der Waals surface area contributed by atoms with Crippen LogP contribution in [-0.4, -0.2) is 44.8 Å². The Morgan fingerprint density at radius 3 is 2.48 bits per heavy atom. The Bertz CT molecular complexity index is 1050. The van der Waals surface area contributed by atoms with Crippen molar-refractivity contribution in [2.45, 2.75) is 40.2 Å². The van der Waals surface area contributed by atoms with Crippen molar-refractivity contribution in [1.29, 1.82) is 0 Å².